The lowest BCUT2D eigenvalue weighted by molar-refractivity contribution is -0.135. The smallest absolute Gasteiger partial charge is 0.225 e. The van der Waals surface area contributed by atoms with Gasteiger partial charge in [0.2, 0.25) is 5.91 Å². The molecule has 3 aliphatic rings. The number of benzene rings is 1. The molecule has 2 aromatic heterocycles. The summed E-state index contributed by atoms with van der Waals surface area (Å²) in [7, 11) is 1.90. The summed E-state index contributed by atoms with van der Waals surface area (Å²) in [6.45, 7) is 1.49. The van der Waals surface area contributed by atoms with Crippen LogP contribution in [0.25, 0.3) is 10.2 Å². The molecule has 1 saturated heterocycles. The summed E-state index contributed by atoms with van der Waals surface area (Å²) in [4.78, 5) is 39.1. The van der Waals surface area contributed by atoms with Crippen molar-refractivity contribution in [2.24, 2.45) is 5.92 Å². The SMILES string of the molecule is CN(CC1CCCO1)C(=O)C1CCc2c(sc3ncnc(Nc4ccc5c(c4)SC(=O)C5)c23)C1. The highest BCUT2D eigenvalue weighted by molar-refractivity contribution is 8.14. The fourth-order valence-corrected chi connectivity index (χ4v) is 7.43. The van der Waals surface area contributed by atoms with Gasteiger partial charge in [0.05, 0.1) is 11.5 Å². The molecule has 1 aliphatic carbocycles. The van der Waals surface area contributed by atoms with Crippen molar-refractivity contribution in [3.05, 3.63) is 40.5 Å². The van der Waals surface area contributed by atoms with Crippen LogP contribution in [-0.4, -0.2) is 52.2 Å². The molecule has 34 heavy (non-hydrogen) atoms. The highest BCUT2D eigenvalue weighted by Gasteiger charge is 2.32. The van der Waals surface area contributed by atoms with Gasteiger partial charge in [-0.1, -0.05) is 17.8 Å². The van der Waals surface area contributed by atoms with Gasteiger partial charge < -0.3 is 15.0 Å². The number of amides is 1. The Morgan fingerprint density at radius 2 is 2.21 bits per heavy atom. The molecule has 3 aromatic rings. The second kappa shape index (κ2) is 8.94. The second-order valence-corrected chi connectivity index (χ2v) is 11.5. The number of aryl methyl sites for hydroxylation is 1. The van der Waals surface area contributed by atoms with Gasteiger partial charge in [-0.2, -0.15) is 0 Å². The Labute approximate surface area is 206 Å². The maximum Gasteiger partial charge on any atom is 0.225 e. The standard InChI is InChI=1S/C25H26N4O3S2/c1-29(12-17-3-2-8-32-17)25(31)15-5-7-18-20(9-15)34-24-22(18)23(26-13-27-24)28-16-6-4-14-10-21(30)33-19(14)11-16/h4,6,11,13,15,17H,2-3,5,7-10,12H2,1H3,(H,26,27,28). The average molecular weight is 495 g/mol. The van der Waals surface area contributed by atoms with E-state index in [1.807, 2.05) is 30.1 Å². The Kier molecular flexibility index (Phi) is 5.79. The number of fused-ring (bicyclic) bond motifs is 4. The van der Waals surface area contributed by atoms with Crippen LogP contribution in [0.4, 0.5) is 11.5 Å². The van der Waals surface area contributed by atoms with Gasteiger partial charge in [-0.25, -0.2) is 9.97 Å². The maximum absolute atomic E-state index is 13.1. The van der Waals surface area contributed by atoms with Crippen molar-refractivity contribution in [2.45, 2.75) is 49.5 Å². The van der Waals surface area contributed by atoms with Crippen LogP contribution in [0.1, 0.15) is 35.3 Å². The molecule has 6 rings (SSSR count). The van der Waals surface area contributed by atoms with Gasteiger partial charge in [-0.05, 0) is 55.4 Å². The van der Waals surface area contributed by atoms with Crippen molar-refractivity contribution in [3.8, 4) is 0 Å². The fourth-order valence-electron chi connectivity index (χ4n) is 5.24. The summed E-state index contributed by atoms with van der Waals surface area (Å²) >= 11 is 2.98. The number of anilines is 2. The molecule has 0 radical (unpaired) electrons. The van der Waals surface area contributed by atoms with Crippen molar-refractivity contribution >= 4 is 55.8 Å². The molecule has 9 heteroatoms. The van der Waals surface area contributed by atoms with E-state index in [4.69, 9.17) is 4.74 Å². The van der Waals surface area contributed by atoms with E-state index in [0.29, 0.717) is 13.0 Å². The van der Waals surface area contributed by atoms with Crippen LogP contribution in [0, 0.1) is 5.92 Å². The second-order valence-electron chi connectivity index (χ2n) is 9.30. The van der Waals surface area contributed by atoms with Crippen LogP contribution in [0.5, 0.6) is 0 Å². The van der Waals surface area contributed by atoms with E-state index in [2.05, 4.69) is 15.3 Å². The van der Waals surface area contributed by atoms with Crippen molar-refractivity contribution in [2.75, 3.05) is 25.5 Å². The Morgan fingerprint density at radius 3 is 3.06 bits per heavy atom. The van der Waals surface area contributed by atoms with Crippen LogP contribution in [0.15, 0.2) is 29.4 Å². The van der Waals surface area contributed by atoms with Gasteiger partial charge in [0.25, 0.3) is 0 Å². The molecular formula is C25H26N4O3S2. The van der Waals surface area contributed by atoms with Gasteiger partial charge in [0.15, 0.2) is 5.12 Å². The predicted molar refractivity (Wildman–Crippen MR) is 134 cm³/mol. The zero-order valence-electron chi connectivity index (χ0n) is 19.0. The van der Waals surface area contributed by atoms with E-state index in [9.17, 15) is 9.59 Å². The number of aromatic nitrogens is 2. The molecule has 0 saturated carbocycles. The molecule has 2 aliphatic heterocycles. The number of likely N-dealkylation sites (N-methyl/N-ethyl adjacent to an activating group) is 1. The number of nitrogens with zero attached hydrogens (tertiary/aromatic N) is 3. The van der Waals surface area contributed by atoms with Crippen LogP contribution in [0.2, 0.25) is 0 Å². The minimum atomic E-state index is 0.00241. The number of thiophene rings is 1. The topological polar surface area (TPSA) is 84.4 Å². The van der Waals surface area contributed by atoms with E-state index in [0.717, 1.165) is 70.9 Å². The van der Waals surface area contributed by atoms with Gasteiger partial charge in [-0.3, -0.25) is 9.59 Å². The normalized spacial score (nSPS) is 21.5. The monoisotopic (exact) mass is 494 g/mol. The predicted octanol–water partition coefficient (Wildman–Crippen LogP) is 4.35. The number of carbonyl (C=O) groups is 2. The van der Waals surface area contributed by atoms with E-state index >= 15 is 0 Å². The molecule has 1 aromatic carbocycles. The maximum atomic E-state index is 13.1. The number of nitrogens with one attached hydrogen (secondary N) is 1. The summed E-state index contributed by atoms with van der Waals surface area (Å²) in [5, 5.41) is 4.71. The molecule has 2 unspecified atom stereocenters. The van der Waals surface area contributed by atoms with Gasteiger partial charge in [-0.15, -0.1) is 11.3 Å². The van der Waals surface area contributed by atoms with Gasteiger partial charge >= 0.3 is 0 Å². The largest absolute Gasteiger partial charge is 0.376 e. The Balaban J connectivity index is 1.22. The van der Waals surface area contributed by atoms with Crippen LogP contribution in [0.3, 0.4) is 0 Å². The first-order valence-electron chi connectivity index (χ1n) is 11.8. The highest BCUT2D eigenvalue weighted by atomic mass is 32.2. The lowest BCUT2D eigenvalue weighted by Crippen LogP contribution is -2.39. The number of rotatable bonds is 5. The third-order valence-electron chi connectivity index (χ3n) is 6.96. The first-order valence-corrected chi connectivity index (χ1v) is 13.4. The Hall–Kier alpha value is -2.49. The van der Waals surface area contributed by atoms with Crippen molar-refractivity contribution in [1.82, 2.24) is 14.9 Å². The van der Waals surface area contributed by atoms with E-state index in [1.165, 1.54) is 22.2 Å². The van der Waals surface area contributed by atoms with Crippen molar-refractivity contribution < 1.29 is 14.3 Å². The number of hydrogen-bond donors (Lipinski definition) is 1. The van der Waals surface area contributed by atoms with E-state index < -0.39 is 0 Å². The third kappa shape index (κ3) is 4.10. The molecule has 1 fully saturated rings. The summed E-state index contributed by atoms with van der Waals surface area (Å²) in [6, 6.07) is 6.04. The Morgan fingerprint density at radius 1 is 1.29 bits per heavy atom. The molecule has 4 heterocycles. The van der Waals surface area contributed by atoms with Gasteiger partial charge in [0.1, 0.15) is 17.0 Å². The van der Waals surface area contributed by atoms with Crippen LogP contribution in [-0.2, 0) is 33.6 Å². The molecule has 1 N–H and O–H groups in total. The summed E-state index contributed by atoms with van der Waals surface area (Å²) in [6.07, 6.45) is 6.82. The first kappa shape index (κ1) is 22.0. The number of thioether (sulfide) groups is 1. The number of hydrogen-bond acceptors (Lipinski definition) is 8. The fraction of sp³-hybridized carbons (Fsp3) is 0.440. The lowest BCUT2D eigenvalue weighted by Gasteiger charge is -2.28. The molecule has 1 amide bonds. The third-order valence-corrected chi connectivity index (χ3v) is 9.10. The molecule has 2 atom stereocenters. The highest BCUT2D eigenvalue weighted by Crippen LogP contribution is 2.41. The molecule has 0 spiro atoms. The Bertz CT molecular complexity index is 1280. The van der Waals surface area contributed by atoms with Gasteiger partial charge in [0, 0.05) is 48.0 Å². The van der Waals surface area contributed by atoms with Crippen molar-refractivity contribution in [3.63, 3.8) is 0 Å². The van der Waals surface area contributed by atoms with E-state index in [-0.39, 0.29) is 23.0 Å². The summed E-state index contributed by atoms with van der Waals surface area (Å²) in [5.41, 5.74) is 3.27. The quantitative estimate of drug-likeness (QED) is 0.564. The summed E-state index contributed by atoms with van der Waals surface area (Å²) < 4.78 is 5.72. The van der Waals surface area contributed by atoms with Crippen LogP contribution < -0.4 is 5.32 Å². The molecular weight excluding hydrogens is 468 g/mol. The number of carbonyl (C=O) groups excluding carboxylic acids is 2. The molecule has 176 valence electrons. The van der Waals surface area contributed by atoms with Crippen LogP contribution >= 0.6 is 23.1 Å². The number of ether oxygens (including phenoxy) is 1. The molecule has 7 nitrogen and oxygen atoms in total. The first-order chi connectivity index (χ1) is 16.5. The lowest BCUT2D eigenvalue weighted by atomic mass is 9.87. The zero-order chi connectivity index (χ0) is 23.2. The average Bonchev–Trinajstić information content (AvgIpc) is 3.55. The molecule has 0 bridgehead atoms. The van der Waals surface area contributed by atoms with Crippen molar-refractivity contribution in [1.29, 1.82) is 0 Å². The minimum absolute atomic E-state index is 0.00241. The zero-order valence-corrected chi connectivity index (χ0v) is 20.6. The minimum Gasteiger partial charge on any atom is -0.376 e. The summed E-state index contributed by atoms with van der Waals surface area (Å²) in [5.74, 6) is 1.01. The van der Waals surface area contributed by atoms with E-state index in [1.54, 1.807) is 17.7 Å².